The standard InChI is InChI=1S/C23H25NO7/c25-15-16-30-19-12-8-7-11-18(19)20(13-5-2-6-14-21(26)27)31-23(29)24-22(28)17-9-3-1-4-10-17/h1,3-4,6-12,14,20,25H,2,5,13,15-16H2,(H,26,27)(H,24,28,29)/b14-6+/t20-/m1/s1. The molecule has 31 heavy (non-hydrogen) atoms. The number of allylic oxidation sites excluding steroid dienone is 1. The first-order valence-electron chi connectivity index (χ1n) is 9.80. The summed E-state index contributed by atoms with van der Waals surface area (Å²) in [6.45, 7) is -0.102. The highest BCUT2D eigenvalue weighted by molar-refractivity contribution is 6.02. The van der Waals surface area contributed by atoms with E-state index >= 15 is 0 Å². The van der Waals surface area contributed by atoms with Gasteiger partial charge in [-0.3, -0.25) is 10.1 Å². The van der Waals surface area contributed by atoms with Crippen LogP contribution in [0.5, 0.6) is 5.75 Å². The van der Waals surface area contributed by atoms with Gasteiger partial charge in [-0.1, -0.05) is 42.5 Å². The zero-order chi connectivity index (χ0) is 22.5. The van der Waals surface area contributed by atoms with Gasteiger partial charge in [-0.05, 0) is 37.5 Å². The van der Waals surface area contributed by atoms with Crippen LogP contribution in [-0.4, -0.2) is 41.4 Å². The lowest BCUT2D eigenvalue weighted by molar-refractivity contribution is -0.131. The average Bonchev–Trinajstić information content (AvgIpc) is 2.77. The lowest BCUT2D eigenvalue weighted by Gasteiger charge is -2.21. The number of aliphatic hydroxyl groups is 1. The molecular weight excluding hydrogens is 402 g/mol. The van der Waals surface area contributed by atoms with Crippen LogP contribution in [0.2, 0.25) is 0 Å². The third kappa shape index (κ3) is 8.31. The van der Waals surface area contributed by atoms with Crippen LogP contribution in [0.4, 0.5) is 4.79 Å². The number of carbonyl (C=O) groups is 3. The van der Waals surface area contributed by atoms with Crippen molar-refractivity contribution < 1.29 is 34.1 Å². The lowest BCUT2D eigenvalue weighted by Crippen LogP contribution is -2.32. The van der Waals surface area contributed by atoms with Gasteiger partial charge in [0.15, 0.2) is 0 Å². The van der Waals surface area contributed by atoms with Crippen LogP contribution in [0.1, 0.15) is 41.3 Å². The van der Waals surface area contributed by atoms with E-state index in [-0.39, 0.29) is 13.2 Å². The Bertz CT molecular complexity index is 896. The molecule has 2 aromatic rings. The van der Waals surface area contributed by atoms with E-state index in [0.29, 0.717) is 36.1 Å². The Hall–Kier alpha value is -3.65. The fourth-order valence-electron chi connectivity index (χ4n) is 2.83. The van der Waals surface area contributed by atoms with Gasteiger partial charge in [0.05, 0.1) is 6.61 Å². The summed E-state index contributed by atoms with van der Waals surface area (Å²) in [7, 11) is 0. The van der Waals surface area contributed by atoms with Crippen molar-refractivity contribution in [3.05, 3.63) is 77.9 Å². The Morgan fingerprint density at radius 3 is 2.45 bits per heavy atom. The Kier molecular flexibility index (Phi) is 9.77. The second kappa shape index (κ2) is 12.8. The maximum absolute atomic E-state index is 12.4. The van der Waals surface area contributed by atoms with Crippen LogP contribution < -0.4 is 10.1 Å². The number of amides is 2. The van der Waals surface area contributed by atoms with E-state index in [1.165, 1.54) is 6.08 Å². The molecule has 2 rings (SSSR count). The monoisotopic (exact) mass is 427 g/mol. The van der Waals surface area contributed by atoms with Crippen molar-refractivity contribution in [2.45, 2.75) is 25.4 Å². The van der Waals surface area contributed by atoms with Crippen LogP contribution in [0.15, 0.2) is 66.7 Å². The first kappa shape index (κ1) is 23.6. The molecule has 0 unspecified atom stereocenters. The summed E-state index contributed by atoms with van der Waals surface area (Å²) in [5.74, 6) is -1.17. The normalized spacial score (nSPS) is 11.6. The predicted molar refractivity (Wildman–Crippen MR) is 113 cm³/mol. The number of benzene rings is 2. The van der Waals surface area contributed by atoms with Crippen LogP contribution >= 0.6 is 0 Å². The molecule has 0 radical (unpaired) electrons. The summed E-state index contributed by atoms with van der Waals surface area (Å²) in [6.07, 6.45) is 2.30. The molecule has 2 aromatic carbocycles. The van der Waals surface area contributed by atoms with Crippen molar-refractivity contribution in [2.75, 3.05) is 13.2 Å². The molecular formula is C23H25NO7. The highest BCUT2D eigenvalue weighted by atomic mass is 16.6. The average molecular weight is 427 g/mol. The van der Waals surface area contributed by atoms with E-state index in [9.17, 15) is 14.4 Å². The van der Waals surface area contributed by atoms with Crippen molar-refractivity contribution in [1.82, 2.24) is 5.32 Å². The van der Waals surface area contributed by atoms with E-state index in [0.717, 1.165) is 6.08 Å². The van der Waals surface area contributed by atoms with Gasteiger partial charge in [-0.25, -0.2) is 9.59 Å². The van der Waals surface area contributed by atoms with E-state index in [1.807, 2.05) is 0 Å². The summed E-state index contributed by atoms with van der Waals surface area (Å²) in [4.78, 5) is 35.2. The number of carboxylic acid groups (broad SMARTS) is 1. The van der Waals surface area contributed by atoms with Crippen molar-refractivity contribution in [2.24, 2.45) is 0 Å². The molecule has 0 aliphatic heterocycles. The fourth-order valence-corrected chi connectivity index (χ4v) is 2.83. The number of nitrogens with one attached hydrogen (secondary N) is 1. The number of imide groups is 1. The van der Waals surface area contributed by atoms with Gasteiger partial charge in [0.1, 0.15) is 18.5 Å². The predicted octanol–water partition coefficient (Wildman–Crippen LogP) is 3.48. The van der Waals surface area contributed by atoms with Crippen molar-refractivity contribution in [1.29, 1.82) is 0 Å². The van der Waals surface area contributed by atoms with Crippen molar-refractivity contribution >= 4 is 18.0 Å². The topological polar surface area (TPSA) is 122 Å². The molecule has 0 aliphatic rings. The zero-order valence-corrected chi connectivity index (χ0v) is 16.9. The quantitative estimate of drug-likeness (QED) is 0.371. The Morgan fingerprint density at radius 2 is 1.74 bits per heavy atom. The SMILES string of the molecule is O=C(O)/C=C/CCC[C@@H](OC(=O)NC(=O)c1ccccc1)c1ccccc1OCCO. The highest BCUT2D eigenvalue weighted by Gasteiger charge is 2.22. The van der Waals surface area contributed by atoms with Gasteiger partial charge >= 0.3 is 12.1 Å². The minimum atomic E-state index is -1.03. The van der Waals surface area contributed by atoms with E-state index in [4.69, 9.17) is 19.7 Å². The van der Waals surface area contributed by atoms with Crippen LogP contribution in [0, 0.1) is 0 Å². The number of ether oxygens (including phenoxy) is 2. The summed E-state index contributed by atoms with van der Waals surface area (Å²) >= 11 is 0. The van der Waals surface area contributed by atoms with Gasteiger partial charge in [0.2, 0.25) is 0 Å². The minimum Gasteiger partial charge on any atom is -0.491 e. The van der Waals surface area contributed by atoms with Crippen LogP contribution in [-0.2, 0) is 9.53 Å². The molecule has 0 fully saturated rings. The molecule has 0 aromatic heterocycles. The molecule has 8 nitrogen and oxygen atoms in total. The summed E-state index contributed by atoms with van der Waals surface area (Å²) in [5, 5.41) is 19.9. The van der Waals surface area contributed by atoms with E-state index < -0.39 is 24.1 Å². The molecule has 2 amide bonds. The van der Waals surface area contributed by atoms with Gasteiger partial charge < -0.3 is 19.7 Å². The molecule has 8 heteroatoms. The summed E-state index contributed by atoms with van der Waals surface area (Å²) in [6, 6.07) is 15.2. The first-order valence-corrected chi connectivity index (χ1v) is 9.80. The van der Waals surface area contributed by atoms with Gasteiger partial charge in [-0.15, -0.1) is 0 Å². The number of carbonyl (C=O) groups excluding carboxylic acids is 2. The fraction of sp³-hybridized carbons (Fsp3) is 0.261. The van der Waals surface area contributed by atoms with Crippen molar-refractivity contribution in [3.63, 3.8) is 0 Å². The first-order chi connectivity index (χ1) is 15.0. The molecule has 0 aliphatic carbocycles. The zero-order valence-electron chi connectivity index (χ0n) is 16.9. The Labute approximate surface area is 180 Å². The number of carboxylic acids is 1. The van der Waals surface area contributed by atoms with Gasteiger partial charge in [0.25, 0.3) is 5.91 Å². The number of alkyl carbamates (subject to hydrolysis) is 1. The van der Waals surface area contributed by atoms with Gasteiger partial charge in [-0.2, -0.15) is 0 Å². The second-order valence-electron chi connectivity index (χ2n) is 6.50. The molecule has 164 valence electrons. The minimum absolute atomic E-state index is 0.0732. The Morgan fingerprint density at radius 1 is 1.03 bits per heavy atom. The number of para-hydroxylation sites is 1. The number of aliphatic hydroxyl groups excluding tert-OH is 1. The van der Waals surface area contributed by atoms with E-state index in [2.05, 4.69) is 5.32 Å². The molecule has 1 atom stereocenters. The number of rotatable bonds is 11. The molecule has 3 N–H and O–H groups in total. The van der Waals surface area contributed by atoms with Crippen LogP contribution in [0.25, 0.3) is 0 Å². The maximum atomic E-state index is 12.4. The number of hydrogen-bond acceptors (Lipinski definition) is 6. The summed E-state index contributed by atoms with van der Waals surface area (Å²) < 4.78 is 11.1. The number of aliphatic carboxylic acids is 1. The third-order valence-electron chi connectivity index (χ3n) is 4.21. The number of unbranched alkanes of at least 4 members (excludes halogenated alkanes) is 1. The van der Waals surface area contributed by atoms with Gasteiger partial charge in [0, 0.05) is 17.2 Å². The second-order valence-corrected chi connectivity index (χ2v) is 6.50. The smallest absolute Gasteiger partial charge is 0.414 e. The van der Waals surface area contributed by atoms with Crippen LogP contribution in [0.3, 0.4) is 0 Å². The number of hydrogen-bond donors (Lipinski definition) is 3. The summed E-state index contributed by atoms with van der Waals surface area (Å²) in [5.41, 5.74) is 0.905. The lowest BCUT2D eigenvalue weighted by atomic mass is 10.0. The Balaban J connectivity index is 2.10. The van der Waals surface area contributed by atoms with Crippen molar-refractivity contribution in [3.8, 4) is 5.75 Å². The molecule has 0 saturated carbocycles. The molecule has 0 saturated heterocycles. The highest BCUT2D eigenvalue weighted by Crippen LogP contribution is 2.31. The third-order valence-corrected chi connectivity index (χ3v) is 4.21. The molecule has 0 spiro atoms. The van der Waals surface area contributed by atoms with E-state index in [1.54, 1.807) is 54.6 Å². The maximum Gasteiger partial charge on any atom is 0.414 e. The largest absolute Gasteiger partial charge is 0.491 e. The molecule has 0 heterocycles. The molecule has 0 bridgehead atoms.